The second kappa shape index (κ2) is 6.75. The summed E-state index contributed by atoms with van der Waals surface area (Å²) in [5.41, 5.74) is -1.18. The van der Waals surface area contributed by atoms with Crippen LogP contribution in [0.15, 0.2) is 42.5 Å². The highest BCUT2D eigenvalue weighted by Crippen LogP contribution is 2.27. The first-order valence-electron chi connectivity index (χ1n) is 6.94. The highest BCUT2D eigenvalue weighted by molar-refractivity contribution is 5.91. The summed E-state index contributed by atoms with van der Waals surface area (Å²) >= 11 is 0. The van der Waals surface area contributed by atoms with Crippen LogP contribution >= 0.6 is 0 Å². The first kappa shape index (κ1) is 16.9. The van der Waals surface area contributed by atoms with Crippen molar-refractivity contribution in [3.05, 3.63) is 59.7 Å². The molecule has 2 aromatic carbocycles. The lowest BCUT2D eigenvalue weighted by molar-refractivity contribution is -0.120. The lowest BCUT2D eigenvalue weighted by Crippen LogP contribution is -2.28. The first-order valence-corrected chi connectivity index (χ1v) is 6.94. The standard InChI is InChI=1S/C17H17F2NO3/c1-17(22,11-6-4-3-5-7-11)10-16(21)20-14-8-13(19)15(23-2)9-12(14)18/h3-9,22H,10H2,1-2H3,(H,20,21). The van der Waals surface area contributed by atoms with Crippen molar-refractivity contribution in [3.8, 4) is 5.75 Å². The van der Waals surface area contributed by atoms with Crippen LogP contribution in [0.25, 0.3) is 0 Å². The van der Waals surface area contributed by atoms with E-state index in [1.54, 1.807) is 30.3 Å². The van der Waals surface area contributed by atoms with E-state index in [1.165, 1.54) is 14.0 Å². The van der Waals surface area contributed by atoms with Gasteiger partial charge in [-0.1, -0.05) is 30.3 Å². The first-order chi connectivity index (χ1) is 10.8. The SMILES string of the molecule is COc1cc(F)c(NC(=O)CC(C)(O)c2ccccc2)cc1F. The molecule has 0 heterocycles. The van der Waals surface area contributed by atoms with Gasteiger partial charge < -0.3 is 15.2 Å². The van der Waals surface area contributed by atoms with E-state index < -0.39 is 23.1 Å². The number of hydrogen-bond acceptors (Lipinski definition) is 3. The Morgan fingerprint density at radius 2 is 1.87 bits per heavy atom. The zero-order chi connectivity index (χ0) is 17.0. The second-order valence-electron chi connectivity index (χ2n) is 5.33. The molecule has 0 spiro atoms. The van der Waals surface area contributed by atoms with Crippen LogP contribution in [0.5, 0.6) is 5.75 Å². The molecule has 0 saturated heterocycles. The Balaban J connectivity index is 2.12. The number of hydrogen-bond donors (Lipinski definition) is 2. The minimum absolute atomic E-state index is 0.253. The quantitative estimate of drug-likeness (QED) is 0.889. The number of halogens is 2. The van der Waals surface area contributed by atoms with Crippen molar-refractivity contribution in [1.29, 1.82) is 0 Å². The summed E-state index contributed by atoms with van der Waals surface area (Å²) in [6.45, 7) is 1.48. The third-order valence-corrected chi connectivity index (χ3v) is 3.42. The van der Waals surface area contributed by atoms with E-state index in [1.807, 2.05) is 0 Å². The Labute approximate surface area is 132 Å². The Kier molecular flexibility index (Phi) is 4.95. The maximum atomic E-state index is 13.8. The van der Waals surface area contributed by atoms with Crippen LogP contribution < -0.4 is 10.1 Å². The number of carbonyl (C=O) groups is 1. The molecule has 2 rings (SSSR count). The molecule has 0 aliphatic carbocycles. The van der Waals surface area contributed by atoms with Gasteiger partial charge in [-0.3, -0.25) is 4.79 Å². The Bertz CT molecular complexity index is 702. The molecule has 23 heavy (non-hydrogen) atoms. The average Bonchev–Trinajstić information content (AvgIpc) is 2.51. The zero-order valence-corrected chi connectivity index (χ0v) is 12.8. The lowest BCUT2D eigenvalue weighted by Gasteiger charge is -2.23. The van der Waals surface area contributed by atoms with Crippen LogP contribution in [0, 0.1) is 11.6 Å². The molecule has 0 bridgehead atoms. The predicted octanol–water partition coefficient (Wildman–Crippen LogP) is 3.21. The number of methoxy groups -OCH3 is 1. The number of amides is 1. The second-order valence-corrected chi connectivity index (χ2v) is 5.33. The number of carbonyl (C=O) groups excluding carboxylic acids is 1. The van der Waals surface area contributed by atoms with E-state index >= 15 is 0 Å². The third kappa shape index (κ3) is 4.04. The number of ether oxygens (including phenoxy) is 1. The number of aliphatic hydroxyl groups is 1. The molecule has 4 nitrogen and oxygen atoms in total. The van der Waals surface area contributed by atoms with Gasteiger partial charge in [0.25, 0.3) is 0 Å². The van der Waals surface area contributed by atoms with Gasteiger partial charge in [-0.05, 0) is 12.5 Å². The summed E-state index contributed by atoms with van der Waals surface area (Å²) in [4.78, 5) is 12.0. The van der Waals surface area contributed by atoms with Crippen molar-refractivity contribution in [2.45, 2.75) is 18.9 Å². The molecular formula is C17H17F2NO3. The zero-order valence-electron chi connectivity index (χ0n) is 12.8. The highest BCUT2D eigenvalue weighted by Gasteiger charge is 2.27. The van der Waals surface area contributed by atoms with Gasteiger partial charge in [-0.15, -0.1) is 0 Å². The van der Waals surface area contributed by atoms with Crippen LogP contribution in [0.1, 0.15) is 18.9 Å². The summed E-state index contributed by atoms with van der Waals surface area (Å²) in [5.74, 6) is -2.51. The summed E-state index contributed by atoms with van der Waals surface area (Å²) < 4.78 is 32.1. The molecule has 1 unspecified atom stereocenters. The highest BCUT2D eigenvalue weighted by atomic mass is 19.1. The fraction of sp³-hybridized carbons (Fsp3) is 0.235. The van der Waals surface area contributed by atoms with E-state index in [9.17, 15) is 18.7 Å². The van der Waals surface area contributed by atoms with E-state index in [-0.39, 0.29) is 17.9 Å². The minimum atomic E-state index is -1.42. The molecule has 1 amide bonds. The number of anilines is 1. The van der Waals surface area contributed by atoms with Crippen molar-refractivity contribution in [3.63, 3.8) is 0 Å². The number of rotatable bonds is 5. The molecule has 0 aromatic heterocycles. The molecule has 0 fully saturated rings. The van der Waals surface area contributed by atoms with Gasteiger partial charge >= 0.3 is 0 Å². The molecule has 2 N–H and O–H groups in total. The van der Waals surface area contributed by atoms with Crippen LogP contribution in [-0.2, 0) is 10.4 Å². The van der Waals surface area contributed by atoms with Crippen molar-refractivity contribution in [2.24, 2.45) is 0 Å². The third-order valence-electron chi connectivity index (χ3n) is 3.42. The average molecular weight is 321 g/mol. The predicted molar refractivity (Wildman–Crippen MR) is 82.2 cm³/mol. The minimum Gasteiger partial charge on any atom is -0.494 e. The lowest BCUT2D eigenvalue weighted by atomic mass is 9.92. The van der Waals surface area contributed by atoms with Gasteiger partial charge in [0.1, 0.15) is 0 Å². The van der Waals surface area contributed by atoms with Gasteiger partial charge in [-0.25, -0.2) is 8.78 Å². The number of benzene rings is 2. The fourth-order valence-electron chi connectivity index (χ4n) is 2.19. The van der Waals surface area contributed by atoms with E-state index in [4.69, 9.17) is 0 Å². The summed E-state index contributed by atoms with van der Waals surface area (Å²) in [5, 5.41) is 12.7. The van der Waals surface area contributed by atoms with Crippen molar-refractivity contribution in [2.75, 3.05) is 12.4 Å². The molecule has 0 aliphatic rings. The monoisotopic (exact) mass is 321 g/mol. The van der Waals surface area contributed by atoms with Gasteiger partial charge in [-0.2, -0.15) is 0 Å². The normalized spacial score (nSPS) is 13.3. The molecule has 122 valence electrons. The van der Waals surface area contributed by atoms with Gasteiger partial charge in [0, 0.05) is 12.1 Å². The van der Waals surface area contributed by atoms with E-state index in [2.05, 4.69) is 10.1 Å². The van der Waals surface area contributed by atoms with Crippen molar-refractivity contribution in [1.82, 2.24) is 0 Å². The Hall–Kier alpha value is -2.47. The topological polar surface area (TPSA) is 58.6 Å². The largest absolute Gasteiger partial charge is 0.494 e. The van der Waals surface area contributed by atoms with Crippen LogP contribution in [0.4, 0.5) is 14.5 Å². The molecule has 1 atom stereocenters. The van der Waals surface area contributed by atoms with E-state index in [0.29, 0.717) is 5.56 Å². The van der Waals surface area contributed by atoms with Gasteiger partial charge in [0.2, 0.25) is 5.91 Å². The van der Waals surface area contributed by atoms with Crippen LogP contribution in [-0.4, -0.2) is 18.1 Å². The maximum Gasteiger partial charge on any atom is 0.227 e. The Morgan fingerprint density at radius 3 is 2.48 bits per heavy atom. The Morgan fingerprint density at radius 1 is 1.22 bits per heavy atom. The van der Waals surface area contributed by atoms with E-state index in [0.717, 1.165) is 12.1 Å². The summed E-state index contributed by atoms with van der Waals surface area (Å²) in [6.07, 6.45) is -0.301. The summed E-state index contributed by atoms with van der Waals surface area (Å²) in [6, 6.07) is 10.3. The molecule has 0 saturated carbocycles. The fourth-order valence-corrected chi connectivity index (χ4v) is 2.19. The van der Waals surface area contributed by atoms with Crippen molar-refractivity contribution >= 4 is 11.6 Å². The molecule has 2 aromatic rings. The molecule has 0 radical (unpaired) electrons. The van der Waals surface area contributed by atoms with Gasteiger partial charge in [0.05, 0.1) is 24.8 Å². The maximum absolute atomic E-state index is 13.8. The smallest absolute Gasteiger partial charge is 0.227 e. The van der Waals surface area contributed by atoms with Crippen LogP contribution in [0.3, 0.4) is 0 Å². The summed E-state index contributed by atoms with van der Waals surface area (Å²) in [7, 11) is 1.22. The van der Waals surface area contributed by atoms with Crippen molar-refractivity contribution < 1.29 is 23.4 Å². The van der Waals surface area contributed by atoms with Gasteiger partial charge in [0.15, 0.2) is 17.4 Å². The van der Waals surface area contributed by atoms with Crippen LogP contribution in [0.2, 0.25) is 0 Å². The molecule has 6 heteroatoms. The molecular weight excluding hydrogens is 304 g/mol. The molecule has 0 aliphatic heterocycles. The number of nitrogens with one attached hydrogen (secondary N) is 1.